The molecule has 0 saturated heterocycles. The fourth-order valence-corrected chi connectivity index (χ4v) is 3.75. The van der Waals surface area contributed by atoms with Crippen LogP contribution in [0.1, 0.15) is 5.56 Å². The fraction of sp³-hybridized carbons (Fsp3) is 0.150. The second-order valence-electron chi connectivity index (χ2n) is 6.26. The third-order valence-electron chi connectivity index (χ3n) is 4.28. The van der Waals surface area contributed by atoms with Crippen molar-refractivity contribution in [2.45, 2.75) is 11.9 Å². The molecule has 2 aromatic carbocycles. The molecule has 0 aliphatic carbocycles. The summed E-state index contributed by atoms with van der Waals surface area (Å²) in [5.41, 5.74) is 3.74. The number of hydrogen-bond acceptors (Lipinski definition) is 5. The van der Waals surface area contributed by atoms with Gasteiger partial charge in [-0.25, -0.2) is 14.4 Å². The summed E-state index contributed by atoms with van der Waals surface area (Å²) in [6.07, 6.45) is 1.42. The zero-order valence-corrected chi connectivity index (χ0v) is 16.1. The van der Waals surface area contributed by atoms with Gasteiger partial charge in [0.1, 0.15) is 28.4 Å². The van der Waals surface area contributed by atoms with Crippen LogP contribution in [0, 0.1) is 12.7 Å². The number of hydrogen-bond donors (Lipinski definition) is 2. The van der Waals surface area contributed by atoms with Gasteiger partial charge in [0.2, 0.25) is 5.91 Å². The van der Waals surface area contributed by atoms with E-state index in [0.29, 0.717) is 32.9 Å². The van der Waals surface area contributed by atoms with Crippen molar-refractivity contribution in [2.24, 2.45) is 0 Å². The average molecular weight is 396 g/mol. The van der Waals surface area contributed by atoms with Gasteiger partial charge >= 0.3 is 0 Å². The summed E-state index contributed by atoms with van der Waals surface area (Å²) < 4.78 is 18.9. The molecule has 142 valence electrons. The molecule has 0 bridgehead atoms. The number of anilines is 1. The molecule has 0 radical (unpaired) electrons. The van der Waals surface area contributed by atoms with Gasteiger partial charge in [-0.2, -0.15) is 0 Å². The van der Waals surface area contributed by atoms with Gasteiger partial charge in [0.15, 0.2) is 0 Å². The molecule has 2 N–H and O–H groups in total. The standard InChI is InChI=1S/C20H17FN4O2S/c1-11-3-6-16(27-2)15(7-11)24-17(26)9-28-20-19-18(22-10-23-20)13-8-12(21)4-5-14(13)25-19/h3-8,10,25H,9H2,1-2H3,(H,24,26). The molecule has 28 heavy (non-hydrogen) atoms. The van der Waals surface area contributed by atoms with Crippen LogP contribution in [0.15, 0.2) is 47.8 Å². The SMILES string of the molecule is COc1ccc(C)cc1NC(=O)CSc1ncnc2c1[nH]c1ccc(F)cc12. The Morgan fingerprint density at radius 1 is 1.25 bits per heavy atom. The number of fused-ring (bicyclic) bond motifs is 3. The van der Waals surface area contributed by atoms with Crippen molar-refractivity contribution in [3.63, 3.8) is 0 Å². The maximum Gasteiger partial charge on any atom is 0.234 e. The molecule has 4 rings (SSSR count). The van der Waals surface area contributed by atoms with Gasteiger partial charge < -0.3 is 15.0 Å². The Labute approximate surface area is 164 Å². The van der Waals surface area contributed by atoms with Crippen LogP contribution in [0.25, 0.3) is 21.9 Å². The molecule has 0 fully saturated rings. The number of carbonyl (C=O) groups is 1. The predicted molar refractivity (Wildman–Crippen MR) is 108 cm³/mol. The molecular formula is C20H17FN4O2S. The molecule has 2 heterocycles. The summed E-state index contributed by atoms with van der Waals surface area (Å²) in [4.78, 5) is 24.2. The van der Waals surface area contributed by atoms with Crippen molar-refractivity contribution in [1.29, 1.82) is 0 Å². The largest absolute Gasteiger partial charge is 0.495 e. The number of nitrogens with zero attached hydrogens (tertiary/aromatic N) is 2. The molecule has 0 aliphatic rings. The van der Waals surface area contributed by atoms with Crippen LogP contribution >= 0.6 is 11.8 Å². The Morgan fingerprint density at radius 2 is 2.11 bits per heavy atom. The Kier molecular flexibility index (Phi) is 4.87. The second kappa shape index (κ2) is 7.47. The first-order valence-corrected chi connectivity index (χ1v) is 9.53. The molecule has 0 saturated carbocycles. The number of ether oxygens (including phenoxy) is 1. The number of H-pyrrole nitrogens is 1. The minimum atomic E-state index is -0.326. The Bertz CT molecular complexity index is 1190. The lowest BCUT2D eigenvalue weighted by atomic mass is 10.2. The average Bonchev–Trinajstić information content (AvgIpc) is 3.05. The maximum atomic E-state index is 13.6. The summed E-state index contributed by atoms with van der Waals surface area (Å²) in [7, 11) is 1.56. The number of halogens is 1. The lowest BCUT2D eigenvalue weighted by molar-refractivity contribution is -0.113. The van der Waals surface area contributed by atoms with E-state index in [1.807, 2.05) is 25.1 Å². The predicted octanol–water partition coefficient (Wildman–Crippen LogP) is 4.30. The molecular weight excluding hydrogens is 379 g/mol. The van der Waals surface area contributed by atoms with Crippen molar-refractivity contribution < 1.29 is 13.9 Å². The summed E-state index contributed by atoms with van der Waals surface area (Å²) in [6, 6.07) is 10.1. The minimum absolute atomic E-state index is 0.160. The van der Waals surface area contributed by atoms with E-state index in [4.69, 9.17) is 4.74 Å². The van der Waals surface area contributed by atoms with E-state index >= 15 is 0 Å². The molecule has 1 amide bonds. The third-order valence-corrected chi connectivity index (χ3v) is 5.27. The number of amides is 1. The Hall–Kier alpha value is -3.13. The molecule has 8 heteroatoms. The molecule has 0 spiro atoms. The van der Waals surface area contributed by atoms with Gasteiger partial charge in [-0.1, -0.05) is 17.8 Å². The van der Waals surface area contributed by atoms with Crippen molar-refractivity contribution in [3.8, 4) is 5.75 Å². The number of aromatic nitrogens is 3. The van der Waals surface area contributed by atoms with Gasteiger partial charge in [-0.15, -0.1) is 0 Å². The number of thioether (sulfide) groups is 1. The Morgan fingerprint density at radius 3 is 2.93 bits per heavy atom. The highest BCUT2D eigenvalue weighted by molar-refractivity contribution is 8.00. The molecule has 2 aromatic heterocycles. The van der Waals surface area contributed by atoms with Crippen LogP contribution < -0.4 is 10.1 Å². The van der Waals surface area contributed by atoms with Crippen molar-refractivity contribution in [2.75, 3.05) is 18.2 Å². The van der Waals surface area contributed by atoms with E-state index in [1.165, 1.54) is 30.2 Å². The van der Waals surface area contributed by atoms with E-state index in [0.717, 1.165) is 11.1 Å². The van der Waals surface area contributed by atoms with E-state index in [9.17, 15) is 9.18 Å². The molecule has 0 unspecified atom stereocenters. The molecule has 4 aromatic rings. The first kappa shape index (κ1) is 18.2. The summed E-state index contributed by atoms with van der Waals surface area (Å²) in [5, 5.41) is 4.19. The summed E-state index contributed by atoms with van der Waals surface area (Å²) in [6.45, 7) is 1.94. The minimum Gasteiger partial charge on any atom is -0.495 e. The number of rotatable bonds is 5. The van der Waals surface area contributed by atoms with Crippen molar-refractivity contribution >= 4 is 45.3 Å². The zero-order valence-electron chi connectivity index (χ0n) is 15.2. The highest BCUT2D eigenvalue weighted by Crippen LogP contribution is 2.30. The van der Waals surface area contributed by atoms with Gasteiger partial charge in [0, 0.05) is 10.9 Å². The van der Waals surface area contributed by atoms with Crippen LogP contribution in [0.4, 0.5) is 10.1 Å². The van der Waals surface area contributed by atoms with Crippen molar-refractivity contribution in [3.05, 3.63) is 54.1 Å². The number of carbonyl (C=O) groups excluding carboxylic acids is 1. The lowest BCUT2D eigenvalue weighted by Crippen LogP contribution is -2.15. The van der Waals surface area contributed by atoms with Crippen LogP contribution in [-0.4, -0.2) is 33.7 Å². The van der Waals surface area contributed by atoms with Crippen molar-refractivity contribution in [1.82, 2.24) is 15.0 Å². The van der Waals surface area contributed by atoms with Crippen LogP contribution in [0.3, 0.4) is 0 Å². The van der Waals surface area contributed by atoms with Gasteiger partial charge in [-0.05, 0) is 42.8 Å². The number of aromatic amines is 1. The van der Waals surface area contributed by atoms with E-state index in [-0.39, 0.29) is 17.5 Å². The maximum absolute atomic E-state index is 13.6. The van der Waals surface area contributed by atoms with E-state index in [1.54, 1.807) is 13.2 Å². The van der Waals surface area contributed by atoms with Crippen LogP contribution in [-0.2, 0) is 4.79 Å². The smallest absolute Gasteiger partial charge is 0.234 e. The zero-order chi connectivity index (χ0) is 19.7. The van der Waals surface area contributed by atoms with Gasteiger partial charge in [0.05, 0.1) is 24.1 Å². The van der Waals surface area contributed by atoms with Crippen LogP contribution in [0.5, 0.6) is 5.75 Å². The lowest BCUT2D eigenvalue weighted by Gasteiger charge is -2.10. The third kappa shape index (κ3) is 3.50. The number of nitrogens with one attached hydrogen (secondary N) is 2. The summed E-state index contributed by atoms with van der Waals surface area (Å²) >= 11 is 1.29. The number of benzene rings is 2. The second-order valence-corrected chi connectivity index (χ2v) is 7.22. The topological polar surface area (TPSA) is 79.9 Å². The van der Waals surface area contributed by atoms with E-state index < -0.39 is 0 Å². The first-order valence-electron chi connectivity index (χ1n) is 8.54. The monoisotopic (exact) mass is 396 g/mol. The summed E-state index contributed by atoms with van der Waals surface area (Å²) in [5.74, 6) is 0.258. The molecule has 0 atom stereocenters. The number of aryl methyl sites for hydroxylation is 1. The van der Waals surface area contributed by atoms with Crippen LogP contribution in [0.2, 0.25) is 0 Å². The molecule has 6 nitrogen and oxygen atoms in total. The fourth-order valence-electron chi connectivity index (χ4n) is 2.99. The highest BCUT2D eigenvalue weighted by Gasteiger charge is 2.14. The first-order chi connectivity index (χ1) is 13.5. The molecule has 0 aliphatic heterocycles. The number of methoxy groups -OCH3 is 1. The van der Waals surface area contributed by atoms with E-state index in [2.05, 4.69) is 20.3 Å². The Balaban J connectivity index is 1.55. The van der Waals surface area contributed by atoms with Gasteiger partial charge in [0.25, 0.3) is 0 Å². The highest BCUT2D eigenvalue weighted by atomic mass is 32.2. The van der Waals surface area contributed by atoms with Gasteiger partial charge in [-0.3, -0.25) is 4.79 Å². The normalized spacial score (nSPS) is 11.1. The quantitative estimate of drug-likeness (QED) is 0.388.